The highest BCUT2D eigenvalue weighted by Crippen LogP contribution is 2.32. The van der Waals surface area contributed by atoms with Crippen molar-refractivity contribution in [1.82, 2.24) is 5.32 Å². The van der Waals surface area contributed by atoms with Crippen molar-refractivity contribution in [3.05, 3.63) is 0 Å². The molecule has 0 aliphatic carbocycles. The summed E-state index contributed by atoms with van der Waals surface area (Å²) >= 11 is 0. The zero-order valence-corrected chi connectivity index (χ0v) is 9.57. The first-order chi connectivity index (χ1) is 7.57. The van der Waals surface area contributed by atoms with Crippen molar-refractivity contribution in [3.8, 4) is 0 Å². The quantitative estimate of drug-likeness (QED) is 0.738. The third kappa shape index (κ3) is 2.93. The van der Waals surface area contributed by atoms with Crippen LogP contribution in [0, 0.1) is 5.92 Å². The molecule has 0 spiro atoms. The predicted molar refractivity (Wildman–Crippen MR) is 57.1 cm³/mol. The molecule has 5 heteroatoms. The molecule has 0 saturated carbocycles. The number of rotatable bonds is 4. The van der Waals surface area contributed by atoms with Crippen LogP contribution in [-0.2, 0) is 14.3 Å². The maximum atomic E-state index is 10.6. The second-order valence-corrected chi connectivity index (χ2v) is 4.85. The van der Waals surface area contributed by atoms with E-state index in [2.05, 4.69) is 5.32 Å². The maximum Gasteiger partial charge on any atom is 0.306 e. The van der Waals surface area contributed by atoms with Gasteiger partial charge in [0.25, 0.3) is 0 Å². The Labute approximate surface area is 95.1 Å². The molecule has 0 amide bonds. The number of carboxylic acid groups (broad SMARTS) is 1. The van der Waals surface area contributed by atoms with E-state index >= 15 is 0 Å². The van der Waals surface area contributed by atoms with Crippen LogP contribution in [-0.4, -0.2) is 42.7 Å². The van der Waals surface area contributed by atoms with Gasteiger partial charge < -0.3 is 19.9 Å². The Morgan fingerprint density at radius 3 is 3.06 bits per heavy atom. The Balaban J connectivity index is 1.82. The Kier molecular flexibility index (Phi) is 3.47. The Hall–Kier alpha value is -0.650. The smallest absolute Gasteiger partial charge is 0.306 e. The van der Waals surface area contributed by atoms with Crippen molar-refractivity contribution in [2.75, 3.05) is 19.7 Å². The summed E-state index contributed by atoms with van der Waals surface area (Å²) in [7, 11) is 0. The van der Waals surface area contributed by atoms with Crippen molar-refractivity contribution in [2.24, 2.45) is 5.92 Å². The SMILES string of the molecule is CC1(CC2CCNC2)OCC(CC(=O)O)O1. The lowest BCUT2D eigenvalue weighted by molar-refractivity contribution is -0.168. The van der Waals surface area contributed by atoms with Gasteiger partial charge in [0.15, 0.2) is 5.79 Å². The summed E-state index contributed by atoms with van der Waals surface area (Å²) in [6.07, 6.45) is 1.72. The van der Waals surface area contributed by atoms with Crippen LogP contribution in [0.5, 0.6) is 0 Å². The van der Waals surface area contributed by atoms with Gasteiger partial charge in [-0.2, -0.15) is 0 Å². The van der Waals surface area contributed by atoms with Crippen LogP contribution in [0.1, 0.15) is 26.2 Å². The minimum absolute atomic E-state index is 0.0263. The summed E-state index contributed by atoms with van der Waals surface area (Å²) in [6.45, 7) is 4.36. The third-order valence-corrected chi connectivity index (χ3v) is 3.21. The van der Waals surface area contributed by atoms with Gasteiger partial charge in [0.1, 0.15) is 0 Å². The number of carboxylic acids is 1. The van der Waals surface area contributed by atoms with Crippen LogP contribution in [0.25, 0.3) is 0 Å². The fourth-order valence-electron chi connectivity index (χ4n) is 2.51. The molecule has 3 unspecified atom stereocenters. The molecule has 0 radical (unpaired) electrons. The number of hydrogen-bond acceptors (Lipinski definition) is 4. The van der Waals surface area contributed by atoms with Gasteiger partial charge in [-0.1, -0.05) is 0 Å². The van der Waals surface area contributed by atoms with E-state index in [9.17, 15) is 4.79 Å². The molecule has 2 aliphatic heterocycles. The summed E-state index contributed by atoms with van der Waals surface area (Å²) in [5, 5.41) is 12.0. The first-order valence-corrected chi connectivity index (χ1v) is 5.82. The first kappa shape index (κ1) is 11.8. The van der Waals surface area contributed by atoms with E-state index < -0.39 is 11.8 Å². The Morgan fingerprint density at radius 2 is 2.44 bits per heavy atom. The largest absolute Gasteiger partial charge is 0.481 e. The van der Waals surface area contributed by atoms with Crippen LogP contribution in [0.3, 0.4) is 0 Å². The van der Waals surface area contributed by atoms with Gasteiger partial charge >= 0.3 is 5.97 Å². The summed E-state index contributed by atoms with van der Waals surface area (Å²) in [5.74, 6) is -0.842. The number of carbonyl (C=O) groups is 1. The van der Waals surface area contributed by atoms with Crippen LogP contribution in [0.2, 0.25) is 0 Å². The summed E-state index contributed by atoms with van der Waals surface area (Å²) < 4.78 is 11.3. The molecule has 2 saturated heterocycles. The number of aliphatic carboxylic acids is 1. The minimum Gasteiger partial charge on any atom is -0.481 e. The van der Waals surface area contributed by atoms with Gasteiger partial charge in [0, 0.05) is 6.42 Å². The molecular weight excluding hydrogens is 210 g/mol. The highest BCUT2D eigenvalue weighted by molar-refractivity contribution is 5.67. The van der Waals surface area contributed by atoms with Crippen molar-refractivity contribution in [1.29, 1.82) is 0 Å². The zero-order chi connectivity index (χ0) is 11.6. The van der Waals surface area contributed by atoms with Crippen molar-refractivity contribution >= 4 is 5.97 Å². The molecule has 2 rings (SSSR count). The molecule has 0 bridgehead atoms. The Morgan fingerprint density at radius 1 is 1.62 bits per heavy atom. The molecule has 5 nitrogen and oxygen atoms in total. The van der Waals surface area contributed by atoms with E-state index in [1.165, 1.54) is 0 Å². The molecule has 0 aromatic rings. The lowest BCUT2D eigenvalue weighted by atomic mass is 9.99. The number of hydrogen-bond donors (Lipinski definition) is 2. The van der Waals surface area contributed by atoms with E-state index in [0.29, 0.717) is 12.5 Å². The molecule has 2 heterocycles. The van der Waals surface area contributed by atoms with E-state index in [4.69, 9.17) is 14.6 Å². The summed E-state index contributed by atoms with van der Waals surface area (Å²) in [4.78, 5) is 10.6. The van der Waals surface area contributed by atoms with Gasteiger partial charge in [-0.15, -0.1) is 0 Å². The molecule has 16 heavy (non-hydrogen) atoms. The highest BCUT2D eigenvalue weighted by Gasteiger charge is 2.40. The predicted octanol–water partition coefficient (Wildman–Crippen LogP) is 0.592. The first-order valence-electron chi connectivity index (χ1n) is 5.82. The lowest BCUT2D eigenvalue weighted by Gasteiger charge is -2.26. The fourth-order valence-corrected chi connectivity index (χ4v) is 2.51. The van der Waals surface area contributed by atoms with E-state index in [1.807, 2.05) is 6.92 Å². The number of nitrogens with one attached hydrogen (secondary N) is 1. The molecule has 0 aromatic heterocycles. The molecule has 2 aliphatic rings. The van der Waals surface area contributed by atoms with Crippen LogP contribution >= 0.6 is 0 Å². The van der Waals surface area contributed by atoms with Gasteiger partial charge in [0.2, 0.25) is 0 Å². The molecule has 3 atom stereocenters. The monoisotopic (exact) mass is 229 g/mol. The van der Waals surface area contributed by atoms with E-state index in [-0.39, 0.29) is 12.5 Å². The third-order valence-electron chi connectivity index (χ3n) is 3.21. The summed E-state index contributed by atoms with van der Waals surface area (Å²) in [6, 6.07) is 0. The van der Waals surface area contributed by atoms with Gasteiger partial charge in [0.05, 0.1) is 19.1 Å². The summed E-state index contributed by atoms with van der Waals surface area (Å²) in [5.41, 5.74) is 0. The van der Waals surface area contributed by atoms with Gasteiger partial charge in [-0.25, -0.2) is 0 Å². The van der Waals surface area contributed by atoms with Crippen LogP contribution in [0.15, 0.2) is 0 Å². The van der Waals surface area contributed by atoms with Gasteiger partial charge in [-0.3, -0.25) is 4.79 Å². The minimum atomic E-state index is -0.833. The average molecular weight is 229 g/mol. The lowest BCUT2D eigenvalue weighted by Crippen LogP contribution is -2.31. The zero-order valence-electron chi connectivity index (χ0n) is 9.57. The van der Waals surface area contributed by atoms with Crippen molar-refractivity contribution < 1.29 is 19.4 Å². The molecule has 0 aromatic carbocycles. The second-order valence-electron chi connectivity index (χ2n) is 4.85. The molecule has 2 fully saturated rings. The molecular formula is C11H19NO4. The highest BCUT2D eigenvalue weighted by atomic mass is 16.7. The normalized spacial score (nSPS) is 39.1. The second kappa shape index (κ2) is 4.69. The topological polar surface area (TPSA) is 67.8 Å². The average Bonchev–Trinajstić information content (AvgIpc) is 2.76. The van der Waals surface area contributed by atoms with E-state index in [0.717, 1.165) is 25.9 Å². The maximum absolute atomic E-state index is 10.6. The van der Waals surface area contributed by atoms with Crippen LogP contribution in [0.4, 0.5) is 0 Å². The van der Waals surface area contributed by atoms with E-state index in [1.54, 1.807) is 0 Å². The molecule has 2 N–H and O–H groups in total. The fraction of sp³-hybridized carbons (Fsp3) is 0.909. The van der Waals surface area contributed by atoms with Crippen molar-refractivity contribution in [3.63, 3.8) is 0 Å². The van der Waals surface area contributed by atoms with Gasteiger partial charge in [-0.05, 0) is 32.4 Å². The number of ether oxygens (including phenoxy) is 2. The van der Waals surface area contributed by atoms with Crippen LogP contribution < -0.4 is 5.32 Å². The standard InChI is InChI=1S/C11H19NO4/c1-11(5-8-2-3-12-6-8)15-7-9(16-11)4-10(13)14/h8-9,12H,2-7H2,1H3,(H,13,14). The van der Waals surface area contributed by atoms with Crippen molar-refractivity contribution in [2.45, 2.75) is 38.1 Å². The Bertz CT molecular complexity index is 265. The molecule has 92 valence electrons.